The Kier molecular flexibility index (Phi) is 7.88. The van der Waals surface area contributed by atoms with E-state index in [2.05, 4.69) is 37.7 Å². The van der Waals surface area contributed by atoms with Gasteiger partial charge < -0.3 is 15.5 Å². The highest BCUT2D eigenvalue weighted by molar-refractivity contribution is 7.90. The summed E-state index contributed by atoms with van der Waals surface area (Å²) in [5.74, 6) is 2.45. The molecule has 1 unspecified atom stereocenters. The first-order valence-corrected chi connectivity index (χ1v) is 16.6. The first-order valence-electron chi connectivity index (χ1n) is 15.1. The van der Waals surface area contributed by atoms with Gasteiger partial charge in [0.25, 0.3) is 10.0 Å². The van der Waals surface area contributed by atoms with E-state index in [1.807, 2.05) is 0 Å². The zero-order chi connectivity index (χ0) is 28.2. The lowest BCUT2D eigenvalue weighted by molar-refractivity contribution is -0.203. The molecule has 1 aromatic carbocycles. The smallest absolute Gasteiger partial charge is 0.328 e. The molecule has 4 aliphatic carbocycles. The van der Waals surface area contributed by atoms with Gasteiger partial charge >= 0.3 is 6.03 Å². The van der Waals surface area contributed by atoms with Crippen LogP contribution in [0.1, 0.15) is 79.1 Å². The average molecular weight is 561 g/mol. The van der Waals surface area contributed by atoms with Crippen molar-refractivity contribution in [3.8, 4) is 0 Å². The molecule has 7 nitrogen and oxygen atoms in total. The van der Waals surface area contributed by atoms with E-state index in [-0.39, 0.29) is 45.7 Å². The fraction of sp³-hybridized carbons (Fsp3) is 0.774. The van der Waals surface area contributed by atoms with Crippen molar-refractivity contribution in [3.05, 3.63) is 30.3 Å². The molecule has 1 aromatic rings. The van der Waals surface area contributed by atoms with Crippen molar-refractivity contribution in [1.82, 2.24) is 10.0 Å². The van der Waals surface area contributed by atoms with E-state index in [0.29, 0.717) is 30.2 Å². The van der Waals surface area contributed by atoms with Crippen LogP contribution in [0.5, 0.6) is 0 Å². The van der Waals surface area contributed by atoms with Crippen LogP contribution in [0.15, 0.2) is 35.2 Å². The van der Waals surface area contributed by atoms with Crippen LogP contribution in [0.3, 0.4) is 0 Å². The number of hydrogen-bond donors (Lipinski definition) is 4. The molecule has 4 aliphatic rings. The van der Waals surface area contributed by atoms with Crippen LogP contribution >= 0.6 is 0 Å². The van der Waals surface area contributed by atoms with Crippen molar-refractivity contribution in [1.29, 1.82) is 0 Å². The summed E-state index contributed by atoms with van der Waals surface area (Å²) >= 11 is 0. The van der Waals surface area contributed by atoms with Gasteiger partial charge in [-0.25, -0.2) is 17.9 Å². The Morgan fingerprint density at radius 1 is 1.00 bits per heavy atom. The molecule has 2 amide bonds. The number of urea groups is 1. The molecule has 4 N–H and O–H groups in total. The Morgan fingerprint density at radius 3 is 2.36 bits per heavy atom. The lowest BCUT2D eigenvalue weighted by Gasteiger charge is -2.64. The molecule has 0 bridgehead atoms. The summed E-state index contributed by atoms with van der Waals surface area (Å²) in [6.07, 6.45) is 7.54. The zero-order valence-electron chi connectivity index (χ0n) is 24.0. The van der Waals surface area contributed by atoms with Crippen molar-refractivity contribution in [2.24, 2.45) is 52.3 Å². The predicted molar refractivity (Wildman–Crippen MR) is 151 cm³/mol. The number of nitrogens with one attached hydrogen (secondary N) is 2. The summed E-state index contributed by atoms with van der Waals surface area (Å²) in [6.45, 7) is 9.65. The van der Waals surface area contributed by atoms with Crippen molar-refractivity contribution in [2.45, 2.75) is 96.2 Å². The molecule has 4 fully saturated rings. The number of aliphatic hydroxyl groups is 2. The molecular formula is C31H48N2O5S. The summed E-state index contributed by atoms with van der Waals surface area (Å²) in [4.78, 5) is 12.6. The Morgan fingerprint density at radius 2 is 1.67 bits per heavy atom. The number of fused-ring (bicyclic) bond motifs is 5. The van der Waals surface area contributed by atoms with Crippen LogP contribution in [0, 0.1) is 52.3 Å². The highest BCUT2D eigenvalue weighted by Crippen LogP contribution is 2.69. The summed E-state index contributed by atoms with van der Waals surface area (Å²) in [5.41, 5.74) is 0.268. The summed E-state index contributed by atoms with van der Waals surface area (Å²) in [7, 11) is -3.91. The second kappa shape index (κ2) is 10.6. The lowest BCUT2D eigenvalue weighted by Crippen LogP contribution is -2.62. The molecule has 0 aliphatic heterocycles. The van der Waals surface area contributed by atoms with Crippen LogP contribution in [-0.2, 0) is 10.0 Å². The molecule has 218 valence electrons. The molecule has 0 heterocycles. The number of carbonyl (C=O) groups excluding carboxylic acids is 1. The van der Waals surface area contributed by atoms with Gasteiger partial charge in [0.2, 0.25) is 0 Å². The number of aliphatic hydroxyl groups excluding tert-OH is 2. The van der Waals surface area contributed by atoms with E-state index in [9.17, 15) is 23.4 Å². The molecule has 0 spiro atoms. The number of benzene rings is 1. The first kappa shape index (κ1) is 28.9. The van der Waals surface area contributed by atoms with E-state index in [1.165, 1.54) is 12.1 Å². The largest absolute Gasteiger partial charge is 0.393 e. The third kappa shape index (κ3) is 4.93. The molecule has 8 heteroatoms. The second-order valence-electron chi connectivity index (χ2n) is 13.7. The number of carbonyl (C=O) groups is 1. The Bertz CT molecular complexity index is 1140. The van der Waals surface area contributed by atoms with Gasteiger partial charge in [0.15, 0.2) is 0 Å². The van der Waals surface area contributed by atoms with Gasteiger partial charge in [-0.15, -0.1) is 0 Å². The summed E-state index contributed by atoms with van der Waals surface area (Å²) in [6, 6.07) is 7.23. The lowest BCUT2D eigenvalue weighted by atomic mass is 9.41. The SMILES string of the molecule is CC[C@H]1[C@@H](O)C2[C@@H]3CC[C@H]([C@H](C)CNC(=O)NS(=O)(=O)c4ccccc4)[C@@]3(C)CC[C@@H]2[C@@]2(C)CC[C@@H](O)C[C@@H]12. The Balaban J connectivity index is 1.27. The fourth-order valence-corrected chi connectivity index (χ4v) is 11.1. The second-order valence-corrected chi connectivity index (χ2v) is 15.4. The van der Waals surface area contributed by atoms with Gasteiger partial charge in [-0.1, -0.05) is 52.3 Å². The van der Waals surface area contributed by atoms with Gasteiger partial charge in [0, 0.05) is 6.54 Å². The van der Waals surface area contributed by atoms with Crippen LogP contribution in [-0.4, -0.2) is 43.4 Å². The molecular weight excluding hydrogens is 512 g/mol. The minimum Gasteiger partial charge on any atom is -0.393 e. The molecule has 0 radical (unpaired) electrons. The number of rotatable bonds is 6. The molecule has 39 heavy (non-hydrogen) atoms. The van der Waals surface area contributed by atoms with Gasteiger partial charge in [-0.2, -0.15) is 0 Å². The van der Waals surface area contributed by atoms with Gasteiger partial charge in [-0.3, -0.25) is 0 Å². The summed E-state index contributed by atoms with van der Waals surface area (Å²) in [5, 5.41) is 25.2. The standard InChI is InChI=1S/C31H48N2O5S/c1-5-22-26-17-20(34)13-15-31(26,4)25-14-16-30(3)23(11-12-24(30)27(25)28(22)35)19(2)18-32-29(36)33-39(37,38)21-9-7-6-8-10-21/h6-10,19-20,22-28,34-35H,5,11-18H2,1-4H3,(H2,32,33,36)/t19-,20-,22-,23-,24+,25+,26+,27?,28-,30-,31-/m1/s1. The van der Waals surface area contributed by atoms with Crippen molar-refractivity contribution in [3.63, 3.8) is 0 Å². The third-order valence-electron chi connectivity index (χ3n) is 12.0. The van der Waals surface area contributed by atoms with E-state index in [1.54, 1.807) is 18.2 Å². The maximum Gasteiger partial charge on any atom is 0.328 e. The maximum atomic E-state index is 12.6. The number of amides is 2. The zero-order valence-corrected chi connectivity index (χ0v) is 24.8. The minimum absolute atomic E-state index is 0.0657. The third-order valence-corrected chi connectivity index (χ3v) is 13.4. The predicted octanol–water partition coefficient (Wildman–Crippen LogP) is 4.94. The topological polar surface area (TPSA) is 116 Å². The molecule has 0 aromatic heterocycles. The van der Waals surface area contributed by atoms with Gasteiger partial charge in [0.1, 0.15) is 0 Å². The monoisotopic (exact) mass is 560 g/mol. The number of sulfonamides is 1. The highest BCUT2D eigenvalue weighted by atomic mass is 32.2. The normalized spacial score (nSPS) is 42.5. The van der Waals surface area contributed by atoms with Gasteiger partial charge in [0.05, 0.1) is 17.1 Å². The Labute approximate surface area is 234 Å². The minimum atomic E-state index is -3.91. The van der Waals surface area contributed by atoms with E-state index in [0.717, 1.165) is 51.4 Å². The highest BCUT2D eigenvalue weighted by Gasteiger charge is 2.64. The van der Waals surface area contributed by atoms with Crippen LogP contribution < -0.4 is 10.0 Å². The maximum absolute atomic E-state index is 12.6. The van der Waals surface area contributed by atoms with Crippen LogP contribution in [0.4, 0.5) is 4.79 Å². The van der Waals surface area contributed by atoms with E-state index < -0.39 is 16.1 Å². The van der Waals surface area contributed by atoms with Crippen LogP contribution in [0.2, 0.25) is 0 Å². The average Bonchev–Trinajstić information content (AvgIpc) is 3.26. The molecule has 4 saturated carbocycles. The number of hydrogen-bond acceptors (Lipinski definition) is 5. The van der Waals surface area contributed by atoms with Crippen LogP contribution in [0.25, 0.3) is 0 Å². The first-order chi connectivity index (χ1) is 18.4. The fourth-order valence-electron chi connectivity index (χ4n) is 10.1. The molecule has 11 atom stereocenters. The van der Waals surface area contributed by atoms with Crippen molar-refractivity contribution >= 4 is 16.1 Å². The Hall–Kier alpha value is -1.64. The van der Waals surface area contributed by atoms with E-state index in [4.69, 9.17) is 0 Å². The van der Waals surface area contributed by atoms with Crippen molar-refractivity contribution < 1.29 is 23.4 Å². The van der Waals surface area contributed by atoms with E-state index >= 15 is 0 Å². The quantitative estimate of drug-likeness (QED) is 0.394. The van der Waals surface area contributed by atoms with Crippen molar-refractivity contribution in [2.75, 3.05) is 6.54 Å². The molecule has 5 rings (SSSR count). The summed E-state index contributed by atoms with van der Waals surface area (Å²) < 4.78 is 27.2. The molecule has 0 saturated heterocycles. The van der Waals surface area contributed by atoms with Gasteiger partial charge in [-0.05, 0) is 109 Å².